The molecule has 0 bridgehead atoms. The van der Waals surface area contributed by atoms with Gasteiger partial charge in [0.25, 0.3) is 0 Å². The number of fused-ring (bicyclic) bond motifs is 1. The molecule has 3 heterocycles. The maximum atomic E-state index is 8.72. The second kappa shape index (κ2) is 5.13. The average molecular weight is 366 g/mol. The molecular weight excluding hydrogens is 355 g/mol. The molecule has 7 heteroatoms. The summed E-state index contributed by atoms with van der Waals surface area (Å²) in [6.07, 6.45) is 6.67. The van der Waals surface area contributed by atoms with E-state index in [0.29, 0.717) is 6.42 Å². The molecule has 1 aliphatic rings. The minimum atomic E-state index is 0.0457. The van der Waals surface area contributed by atoms with Crippen LogP contribution < -0.4 is 5.32 Å². The van der Waals surface area contributed by atoms with Gasteiger partial charge in [-0.15, -0.1) is 0 Å². The highest BCUT2D eigenvalue weighted by Crippen LogP contribution is 2.30. The molecular formula is C12H11IN6. The number of aromatic nitrogens is 4. The molecule has 0 aliphatic carbocycles. The summed E-state index contributed by atoms with van der Waals surface area (Å²) in [4.78, 5) is 8.59. The van der Waals surface area contributed by atoms with Gasteiger partial charge in [0.15, 0.2) is 0 Å². The predicted molar refractivity (Wildman–Crippen MR) is 78.7 cm³/mol. The summed E-state index contributed by atoms with van der Waals surface area (Å²) in [7, 11) is 0. The Balaban J connectivity index is 1.96. The molecule has 3 rings (SSSR count). The van der Waals surface area contributed by atoms with Gasteiger partial charge in [-0.25, -0.2) is 9.97 Å². The molecule has 0 aromatic carbocycles. The summed E-state index contributed by atoms with van der Waals surface area (Å²) in [6, 6.07) is 2.15. The average Bonchev–Trinajstić information content (AvgIpc) is 3.07. The SMILES string of the molecule is N#CCC(I)n1cc(-c2ncnc3c2CCN3)cn1. The van der Waals surface area contributed by atoms with Crippen molar-refractivity contribution < 1.29 is 0 Å². The second-order valence-electron chi connectivity index (χ2n) is 4.23. The molecule has 0 spiro atoms. The molecule has 1 atom stereocenters. The summed E-state index contributed by atoms with van der Waals surface area (Å²) in [5.74, 6) is 0.917. The molecule has 1 aliphatic heterocycles. The lowest BCUT2D eigenvalue weighted by molar-refractivity contribution is 0.633. The van der Waals surface area contributed by atoms with Crippen molar-refractivity contribution in [1.29, 1.82) is 5.26 Å². The Kier molecular flexibility index (Phi) is 3.33. The lowest BCUT2D eigenvalue weighted by Gasteiger charge is -2.05. The summed E-state index contributed by atoms with van der Waals surface area (Å²) in [6.45, 7) is 0.901. The van der Waals surface area contributed by atoms with Crippen LogP contribution in [0.5, 0.6) is 0 Å². The van der Waals surface area contributed by atoms with E-state index in [1.54, 1.807) is 17.2 Å². The Hall–Kier alpha value is -1.69. The minimum Gasteiger partial charge on any atom is -0.369 e. The summed E-state index contributed by atoms with van der Waals surface area (Å²) < 4.78 is 1.85. The Morgan fingerprint density at radius 1 is 1.53 bits per heavy atom. The van der Waals surface area contributed by atoms with Crippen LogP contribution in [0.15, 0.2) is 18.7 Å². The van der Waals surface area contributed by atoms with Crippen molar-refractivity contribution >= 4 is 28.4 Å². The van der Waals surface area contributed by atoms with Crippen LogP contribution in [-0.4, -0.2) is 26.3 Å². The molecule has 1 unspecified atom stereocenters. The normalized spacial score (nSPS) is 14.5. The number of rotatable bonds is 3. The van der Waals surface area contributed by atoms with Gasteiger partial charge >= 0.3 is 0 Å². The fourth-order valence-electron chi connectivity index (χ4n) is 2.14. The first kappa shape index (κ1) is 12.3. The van der Waals surface area contributed by atoms with Gasteiger partial charge in [-0.3, -0.25) is 4.68 Å². The first-order valence-corrected chi connectivity index (χ1v) is 7.17. The fourth-order valence-corrected chi connectivity index (χ4v) is 2.64. The molecule has 96 valence electrons. The van der Waals surface area contributed by atoms with Crippen molar-refractivity contribution in [1.82, 2.24) is 19.7 Å². The predicted octanol–water partition coefficient (Wildman–Crippen LogP) is 2.16. The van der Waals surface area contributed by atoms with E-state index < -0.39 is 0 Å². The van der Waals surface area contributed by atoms with E-state index in [4.69, 9.17) is 5.26 Å². The zero-order chi connectivity index (χ0) is 13.2. The number of alkyl halides is 1. The van der Waals surface area contributed by atoms with Crippen molar-refractivity contribution in [2.45, 2.75) is 16.9 Å². The van der Waals surface area contributed by atoms with Crippen LogP contribution in [0.3, 0.4) is 0 Å². The van der Waals surface area contributed by atoms with E-state index in [0.717, 1.165) is 35.6 Å². The fraction of sp³-hybridized carbons (Fsp3) is 0.333. The van der Waals surface area contributed by atoms with Crippen LogP contribution in [0.1, 0.15) is 16.0 Å². The zero-order valence-corrected chi connectivity index (χ0v) is 12.2. The highest BCUT2D eigenvalue weighted by atomic mass is 127. The van der Waals surface area contributed by atoms with Crippen LogP contribution in [0, 0.1) is 11.3 Å². The van der Waals surface area contributed by atoms with Gasteiger partial charge in [0.05, 0.1) is 24.4 Å². The van der Waals surface area contributed by atoms with E-state index in [2.05, 4.69) is 49.0 Å². The highest BCUT2D eigenvalue weighted by molar-refractivity contribution is 14.1. The largest absolute Gasteiger partial charge is 0.369 e. The van der Waals surface area contributed by atoms with Gasteiger partial charge in [-0.2, -0.15) is 10.4 Å². The molecule has 0 fully saturated rings. The van der Waals surface area contributed by atoms with Gasteiger partial charge in [0.1, 0.15) is 16.2 Å². The molecule has 2 aromatic rings. The minimum absolute atomic E-state index is 0.0457. The van der Waals surface area contributed by atoms with Crippen LogP contribution in [0.25, 0.3) is 11.3 Å². The zero-order valence-electron chi connectivity index (χ0n) is 10.0. The number of nitriles is 1. The smallest absolute Gasteiger partial charge is 0.133 e. The maximum absolute atomic E-state index is 8.72. The second-order valence-corrected chi connectivity index (χ2v) is 5.67. The number of anilines is 1. The lowest BCUT2D eigenvalue weighted by atomic mass is 10.1. The number of halogens is 1. The van der Waals surface area contributed by atoms with Crippen molar-refractivity contribution in [2.24, 2.45) is 0 Å². The molecule has 0 saturated heterocycles. The Morgan fingerprint density at radius 3 is 3.26 bits per heavy atom. The van der Waals surface area contributed by atoms with E-state index in [1.807, 2.05) is 6.20 Å². The molecule has 6 nitrogen and oxygen atoms in total. The van der Waals surface area contributed by atoms with Crippen molar-refractivity contribution in [3.8, 4) is 17.3 Å². The third-order valence-corrected chi connectivity index (χ3v) is 4.05. The van der Waals surface area contributed by atoms with E-state index >= 15 is 0 Å². The Labute approximate surface area is 124 Å². The number of hydrogen-bond donors (Lipinski definition) is 1. The summed E-state index contributed by atoms with van der Waals surface area (Å²) >= 11 is 2.21. The Morgan fingerprint density at radius 2 is 2.42 bits per heavy atom. The first-order valence-electron chi connectivity index (χ1n) is 5.93. The third-order valence-electron chi connectivity index (χ3n) is 3.03. The van der Waals surface area contributed by atoms with Crippen LogP contribution in [-0.2, 0) is 6.42 Å². The molecule has 2 aromatic heterocycles. The topological polar surface area (TPSA) is 79.4 Å². The molecule has 0 saturated carbocycles. The monoisotopic (exact) mass is 366 g/mol. The highest BCUT2D eigenvalue weighted by Gasteiger charge is 2.19. The quantitative estimate of drug-likeness (QED) is 0.665. The van der Waals surface area contributed by atoms with Crippen molar-refractivity contribution in [3.63, 3.8) is 0 Å². The van der Waals surface area contributed by atoms with Crippen LogP contribution in [0.4, 0.5) is 5.82 Å². The molecule has 19 heavy (non-hydrogen) atoms. The van der Waals surface area contributed by atoms with Crippen LogP contribution >= 0.6 is 22.6 Å². The number of nitrogens with one attached hydrogen (secondary N) is 1. The third kappa shape index (κ3) is 2.28. The van der Waals surface area contributed by atoms with Crippen molar-refractivity contribution in [3.05, 3.63) is 24.3 Å². The van der Waals surface area contributed by atoms with Gasteiger partial charge < -0.3 is 5.32 Å². The molecule has 1 N–H and O–H groups in total. The van der Waals surface area contributed by atoms with E-state index in [9.17, 15) is 0 Å². The maximum Gasteiger partial charge on any atom is 0.133 e. The standard InChI is InChI=1S/C12H11IN6/c13-10(1-3-14)19-6-8(5-18-19)11-9-2-4-15-12(9)17-7-16-11/h5-7,10H,1-2,4H2,(H,15,16,17). The van der Waals surface area contributed by atoms with Gasteiger partial charge in [-0.1, -0.05) is 22.6 Å². The van der Waals surface area contributed by atoms with Crippen LogP contribution in [0.2, 0.25) is 0 Å². The van der Waals surface area contributed by atoms with Gasteiger partial charge in [0.2, 0.25) is 0 Å². The van der Waals surface area contributed by atoms with Crippen molar-refractivity contribution in [2.75, 3.05) is 11.9 Å². The first-order chi connectivity index (χ1) is 9.29. The number of nitrogens with zero attached hydrogens (tertiary/aromatic N) is 5. The Bertz CT molecular complexity index is 644. The van der Waals surface area contributed by atoms with E-state index in [1.165, 1.54) is 0 Å². The molecule has 0 radical (unpaired) electrons. The van der Waals surface area contributed by atoms with Gasteiger partial charge in [-0.05, 0) is 6.42 Å². The van der Waals surface area contributed by atoms with Gasteiger partial charge in [0, 0.05) is 23.9 Å². The summed E-state index contributed by atoms with van der Waals surface area (Å²) in [5, 5.41) is 16.3. The lowest BCUT2D eigenvalue weighted by Crippen LogP contribution is -2.00. The number of hydrogen-bond acceptors (Lipinski definition) is 5. The molecule has 0 amide bonds. The summed E-state index contributed by atoms with van der Waals surface area (Å²) in [5.41, 5.74) is 3.05. The van der Waals surface area contributed by atoms with E-state index in [-0.39, 0.29) is 4.05 Å².